The normalized spacial score (nSPS) is 30.8. The number of benzene rings is 1. The van der Waals surface area contributed by atoms with Crippen molar-refractivity contribution in [2.45, 2.75) is 38.3 Å². The monoisotopic (exact) mass is 440 g/mol. The van der Waals surface area contributed by atoms with Crippen molar-refractivity contribution >= 4 is 11.7 Å². The number of hydrogen-bond acceptors (Lipinski definition) is 6. The first-order valence-electron chi connectivity index (χ1n) is 11.8. The number of hydrogen-bond donors (Lipinski definition) is 0. The zero-order valence-corrected chi connectivity index (χ0v) is 18.9. The lowest BCUT2D eigenvalue weighted by Gasteiger charge is -2.37. The fourth-order valence-corrected chi connectivity index (χ4v) is 5.59. The van der Waals surface area contributed by atoms with Gasteiger partial charge < -0.3 is 19.1 Å². The van der Waals surface area contributed by atoms with Gasteiger partial charge in [0.2, 0.25) is 0 Å². The van der Waals surface area contributed by atoms with Gasteiger partial charge >= 0.3 is 0 Å². The van der Waals surface area contributed by atoms with Gasteiger partial charge in [0.05, 0.1) is 37.9 Å². The second-order valence-electron chi connectivity index (χ2n) is 9.42. The number of Topliss-reactive ketones (excluding diaryl/α,β-unsaturated/α-hetero) is 1. The van der Waals surface area contributed by atoms with Gasteiger partial charge in [-0.1, -0.05) is 19.1 Å². The van der Waals surface area contributed by atoms with Gasteiger partial charge in [-0.05, 0) is 42.9 Å². The molecular weight excluding hydrogens is 408 g/mol. The molecule has 4 unspecified atom stereocenters. The average Bonchev–Trinajstić information content (AvgIpc) is 3.10. The Morgan fingerprint density at radius 1 is 1.12 bits per heavy atom. The van der Waals surface area contributed by atoms with E-state index in [1.807, 2.05) is 29.2 Å². The molecule has 1 aromatic carbocycles. The van der Waals surface area contributed by atoms with Gasteiger partial charge in [0.25, 0.3) is 5.91 Å². The molecule has 0 aromatic heterocycles. The summed E-state index contributed by atoms with van der Waals surface area (Å²) in [5, 5.41) is 0. The van der Waals surface area contributed by atoms with Gasteiger partial charge in [-0.25, -0.2) is 0 Å². The van der Waals surface area contributed by atoms with Crippen molar-refractivity contribution in [3.63, 3.8) is 0 Å². The van der Waals surface area contributed by atoms with E-state index in [1.165, 1.54) is 0 Å². The Morgan fingerprint density at radius 2 is 1.94 bits per heavy atom. The number of rotatable bonds is 5. The number of methoxy groups -OCH3 is 1. The van der Waals surface area contributed by atoms with E-state index in [0.717, 1.165) is 44.5 Å². The van der Waals surface area contributed by atoms with Gasteiger partial charge in [-0.3, -0.25) is 14.5 Å². The molecule has 4 aliphatic rings. The molecule has 3 heterocycles. The van der Waals surface area contributed by atoms with Crippen LogP contribution in [0, 0.1) is 11.8 Å². The number of carbonyl (C=O) groups is 2. The van der Waals surface area contributed by atoms with Crippen LogP contribution in [-0.4, -0.2) is 74.1 Å². The molecule has 1 aliphatic carbocycles. The summed E-state index contributed by atoms with van der Waals surface area (Å²) in [5.74, 6) is 1.27. The Kier molecular flexibility index (Phi) is 5.95. The summed E-state index contributed by atoms with van der Waals surface area (Å²) >= 11 is 0. The maximum Gasteiger partial charge on any atom is 0.290 e. The molecule has 5 rings (SSSR count). The molecule has 0 N–H and O–H groups in total. The van der Waals surface area contributed by atoms with E-state index < -0.39 is 6.04 Å². The molecule has 32 heavy (non-hydrogen) atoms. The van der Waals surface area contributed by atoms with E-state index in [-0.39, 0.29) is 29.5 Å². The molecule has 1 amide bonds. The summed E-state index contributed by atoms with van der Waals surface area (Å²) in [6, 6.07) is 7.27. The second kappa shape index (κ2) is 8.87. The minimum Gasteiger partial charge on any atom is -0.497 e. The van der Waals surface area contributed by atoms with Gasteiger partial charge in [0, 0.05) is 26.2 Å². The number of carbonyl (C=O) groups excluding carboxylic acids is 2. The fourth-order valence-electron chi connectivity index (χ4n) is 5.59. The summed E-state index contributed by atoms with van der Waals surface area (Å²) in [4.78, 5) is 31.4. The van der Waals surface area contributed by atoms with Gasteiger partial charge in [0.15, 0.2) is 11.5 Å². The minimum atomic E-state index is -0.431. The van der Waals surface area contributed by atoms with Crippen molar-refractivity contribution in [2.24, 2.45) is 11.8 Å². The van der Waals surface area contributed by atoms with Crippen LogP contribution in [0.25, 0.3) is 0 Å². The zero-order chi connectivity index (χ0) is 22.2. The molecule has 7 nitrogen and oxygen atoms in total. The number of morpholine rings is 1. The summed E-state index contributed by atoms with van der Waals surface area (Å²) in [5.41, 5.74) is 1.43. The van der Waals surface area contributed by atoms with Crippen LogP contribution in [0.1, 0.15) is 37.8 Å². The third-order valence-electron chi connectivity index (χ3n) is 7.38. The van der Waals surface area contributed by atoms with E-state index in [9.17, 15) is 9.59 Å². The van der Waals surface area contributed by atoms with Crippen LogP contribution in [-0.2, 0) is 19.1 Å². The average molecular weight is 441 g/mol. The van der Waals surface area contributed by atoms with Crippen LogP contribution >= 0.6 is 0 Å². The number of nitrogens with zero attached hydrogens (tertiary/aromatic N) is 2. The van der Waals surface area contributed by atoms with Crippen molar-refractivity contribution < 1.29 is 23.8 Å². The van der Waals surface area contributed by atoms with Crippen LogP contribution in [0.5, 0.6) is 5.75 Å². The van der Waals surface area contributed by atoms with Crippen molar-refractivity contribution in [3.05, 3.63) is 41.2 Å². The van der Waals surface area contributed by atoms with Gasteiger partial charge in [0.1, 0.15) is 11.9 Å². The number of ether oxygens (including phenoxy) is 3. The summed E-state index contributed by atoms with van der Waals surface area (Å²) in [6.07, 6.45) is 2.52. The first-order valence-corrected chi connectivity index (χ1v) is 11.8. The van der Waals surface area contributed by atoms with Crippen molar-refractivity contribution in [1.29, 1.82) is 0 Å². The van der Waals surface area contributed by atoms with Crippen molar-refractivity contribution in [2.75, 3.05) is 46.5 Å². The zero-order valence-electron chi connectivity index (χ0n) is 18.9. The molecule has 0 radical (unpaired) electrons. The molecule has 0 bridgehead atoms. The smallest absolute Gasteiger partial charge is 0.290 e. The van der Waals surface area contributed by atoms with E-state index in [1.54, 1.807) is 7.11 Å². The van der Waals surface area contributed by atoms with Crippen LogP contribution in [0.2, 0.25) is 0 Å². The Hall–Kier alpha value is -2.38. The van der Waals surface area contributed by atoms with Gasteiger partial charge in [-0.15, -0.1) is 0 Å². The second-order valence-corrected chi connectivity index (χ2v) is 9.42. The molecule has 4 atom stereocenters. The van der Waals surface area contributed by atoms with Crippen LogP contribution in [0.3, 0.4) is 0 Å². The highest BCUT2D eigenvalue weighted by molar-refractivity contribution is 6.11. The molecule has 7 heteroatoms. The first-order chi connectivity index (χ1) is 15.6. The molecule has 1 saturated heterocycles. The molecule has 0 spiro atoms. The quantitative estimate of drug-likeness (QED) is 0.701. The van der Waals surface area contributed by atoms with Crippen LogP contribution in [0.4, 0.5) is 0 Å². The Morgan fingerprint density at radius 3 is 2.72 bits per heavy atom. The van der Waals surface area contributed by atoms with Crippen molar-refractivity contribution in [3.8, 4) is 5.75 Å². The number of fused-ring (bicyclic) bond motifs is 1. The molecule has 1 aromatic rings. The Bertz CT molecular complexity index is 923. The van der Waals surface area contributed by atoms with E-state index in [4.69, 9.17) is 14.2 Å². The number of amides is 1. The lowest BCUT2D eigenvalue weighted by atomic mass is 9.74. The lowest BCUT2D eigenvalue weighted by Crippen LogP contribution is -2.43. The molecule has 172 valence electrons. The Balaban J connectivity index is 1.48. The van der Waals surface area contributed by atoms with Crippen LogP contribution < -0.4 is 4.74 Å². The van der Waals surface area contributed by atoms with E-state index in [2.05, 4.69) is 11.8 Å². The summed E-state index contributed by atoms with van der Waals surface area (Å²) in [7, 11) is 1.63. The SMILES string of the molecule is COc1cccc(C2C3=C(OC4CCC(C)CC4C3=O)C(=O)N2CCN2CCOCC2)c1. The minimum absolute atomic E-state index is 0.0952. The highest BCUT2D eigenvalue weighted by Crippen LogP contribution is 2.47. The molecule has 2 fully saturated rings. The number of ketones is 1. The predicted molar refractivity (Wildman–Crippen MR) is 118 cm³/mol. The third kappa shape index (κ3) is 3.82. The van der Waals surface area contributed by atoms with E-state index >= 15 is 0 Å². The lowest BCUT2D eigenvalue weighted by molar-refractivity contribution is -0.136. The molecular formula is C25H32N2O5. The maximum absolute atomic E-state index is 13.7. The largest absolute Gasteiger partial charge is 0.497 e. The fraction of sp³-hybridized carbons (Fsp3) is 0.600. The molecule has 1 saturated carbocycles. The van der Waals surface area contributed by atoms with Gasteiger partial charge in [-0.2, -0.15) is 0 Å². The highest BCUT2D eigenvalue weighted by Gasteiger charge is 2.52. The van der Waals surface area contributed by atoms with Crippen molar-refractivity contribution in [1.82, 2.24) is 9.80 Å². The topological polar surface area (TPSA) is 68.3 Å². The Labute approximate surface area is 189 Å². The third-order valence-corrected chi connectivity index (χ3v) is 7.38. The van der Waals surface area contributed by atoms with E-state index in [0.29, 0.717) is 37.0 Å². The predicted octanol–water partition coefficient (Wildman–Crippen LogP) is 2.57. The first kappa shape index (κ1) is 21.5. The maximum atomic E-state index is 13.7. The summed E-state index contributed by atoms with van der Waals surface area (Å²) in [6.45, 7) is 6.62. The molecule has 3 aliphatic heterocycles. The highest BCUT2D eigenvalue weighted by atomic mass is 16.5. The van der Waals surface area contributed by atoms with Crippen LogP contribution in [0.15, 0.2) is 35.6 Å². The standard InChI is InChI=1S/C25H32N2O5/c1-16-6-7-20-19(14-16)23(28)21-22(17-4-3-5-18(15-17)30-2)27(25(29)24(21)32-20)9-8-26-10-12-31-13-11-26/h3-5,15-16,19-20,22H,6-14H2,1-2H3. The summed E-state index contributed by atoms with van der Waals surface area (Å²) < 4.78 is 17.2.